The molecule has 4 nitrogen and oxygen atoms in total. The Morgan fingerprint density at radius 1 is 1.04 bits per heavy atom. The highest BCUT2D eigenvalue weighted by atomic mass is 79.9. The summed E-state index contributed by atoms with van der Waals surface area (Å²) in [7, 11) is 0. The summed E-state index contributed by atoms with van der Waals surface area (Å²) in [6, 6.07) is 14.9. The molecule has 2 aromatic carbocycles. The largest absolute Gasteiger partial charge is 0.484 e. The number of nitrogens with one attached hydrogen (secondary N) is 1. The van der Waals surface area contributed by atoms with Gasteiger partial charge in [0.2, 0.25) is 0 Å². The van der Waals surface area contributed by atoms with Gasteiger partial charge in [-0.1, -0.05) is 24.3 Å². The van der Waals surface area contributed by atoms with Crippen LogP contribution in [0.15, 0.2) is 69.6 Å². The van der Waals surface area contributed by atoms with Gasteiger partial charge in [-0.2, -0.15) is 13.2 Å². The van der Waals surface area contributed by atoms with E-state index in [1.165, 1.54) is 30.3 Å². The first kappa shape index (κ1) is 19.0. The zero-order valence-corrected chi connectivity index (χ0v) is 15.3. The summed E-state index contributed by atoms with van der Waals surface area (Å²) >= 11 is 3.35. The number of benzene rings is 2. The topological polar surface area (TPSA) is 51.5 Å². The standard InChI is InChI=1S/C19H13BrF3NO3/c20-14-6-2-4-8-16(14)26-11-12-9-10-17(27-12)18(25)24-15-7-3-1-5-13(15)19(21,22)23/h1-10H,11H2,(H,24,25). The molecule has 1 amide bonds. The van der Waals surface area contributed by atoms with Crippen molar-refractivity contribution in [2.24, 2.45) is 0 Å². The van der Waals surface area contributed by atoms with Crippen molar-refractivity contribution in [2.45, 2.75) is 12.8 Å². The molecule has 0 aliphatic rings. The number of carbonyl (C=O) groups is 1. The number of ether oxygens (including phenoxy) is 1. The molecule has 0 aliphatic carbocycles. The van der Waals surface area contributed by atoms with Gasteiger partial charge in [0.1, 0.15) is 18.1 Å². The van der Waals surface area contributed by atoms with Crippen LogP contribution in [0.4, 0.5) is 18.9 Å². The van der Waals surface area contributed by atoms with Gasteiger partial charge in [0.15, 0.2) is 5.76 Å². The van der Waals surface area contributed by atoms with Crippen LogP contribution in [0.1, 0.15) is 21.9 Å². The van der Waals surface area contributed by atoms with Crippen LogP contribution in [0.3, 0.4) is 0 Å². The molecule has 1 heterocycles. The summed E-state index contributed by atoms with van der Waals surface area (Å²) in [6.07, 6.45) is -4.57. The lowest BCUT2D eigenvalue weighted by atomic mass is 10.1. The van der Waals surface area contributed by atoms with Crippen molar-refractivity contribution in [1.82, 2.24) is 0 Å². The van der Waals surface area contributed by atoms with Crippen LogP contribution in [-0.2, 0) is 12.8 Å². The van der Waals surface area contributed by atoms with Crippen LogP contribution in [0.25, 0.3) is 0 Å². The van der Waals surface area contributed by atoms with Crippen LogP contribution in [-0.4, -0.2) is 5.91 Å². The molecule has 8 heteroatoms. The van der Waals surface area contributed by atoms with Gasteiger partial charge in [-0.15, -0.1) is 0 Å². The number of anilines is 1. The number of amides is 1. The Bertz CT molecular complexity index is 953. The van der Waals surface area contributed by atoms with Crippen LogP contribution in [0, 0.1) is 0 Å². The molecule has 0 fully saturated rings. The SMILES string of the molecule is O=C(Nc1ccccc1C(F)(F)F)c1ccc(COc2ccccc2Br)o1. The Morgan fingerprint density at radius 3 is 2.48 bits per heavy atom. The average Bonchev–Trinajstić information content (AvgIpc) is 3.10. The van der Waals surface area contributed by atoms with E-state index in [1.807, 2.05) is 12.1 Å². The minimum Gasteiger partial charge on any atom is -0.484 e. The van der Waals surface area contributed by atoms with E-state index in [-0.39, 0.29) is 18.1 Å². The number of carbonyl (C=O) groups excluding carboxylic acids is 1. The van der Waals surface area contributed by atoms with Crippen molar-refractivity contribution in [3.8, 4) is 5.75 Å². The Balaban J connectivity index is 1.68. The van der Waals surface area contributed by atoms with Crippen molar-refractivity contribution >= 4 is 27.5 Å². The third-order valence-corrected chi connectivity index (χ3v) is 4.23. The molecule has 0 aliphatic heterocycles. The maximum atomic E-state index is 13.0. The lowest BCUT2D eigenvalue weighted by Gasteiger charge is -2.12. The highest BCUT2D eigenvalue weighted by Gasteiger charge is 2.33. The number of furan rings is 1. The molecule has 0 atom stereocenters. The number of halogens is 4. The van der Waals surface area contributed by atoms with Crippen molar-refractivity contribution in [2.75, 3.05) is 5.32 Å². The van der Waals surface area contributed by atoms with Gasteiger partial charge in [-0.25, -0.2) is 0 Å². The predicted molar refractivity (Wildman–Crippen MR) is 96.6 cm³/mol. The molecule has 3 rings (SSSR count). The average molecular weight is 440 g/mol. The normalized spacial score (nSPS) is 11.3. The van der Waals surface area contributed by atoms with E-state index >= 15 is 0 Å². The number of alkyl halides is 3. The Morgan fingerprint density at radius 2 is 1.74 bits per heavy atom. The Labute approximate surface area is 161 Å². The monoisotopic (exact) mass is 439 g/mol. The van der Waals surface area contributed by atoms with Gasteiger partial charge in [0.05, 0.1) is 15.7 Å². The zero-order valence-electron chi connectivity index (χ0n) is 13.7. The molecule has 0 unspecified atom stereocenters. The molecule has 0 spiro atoms. The minimum absolute atomic E-state index is 0.0645. The van der Waals surface area contributed by atoms with E-state index in [0.717, 1.165) is 10.5 Å². The van der Waals surface area contributed by atoms with Gasteiger partial charge >= 0.3 is 6.18 Å². The second kappa shape index (κ2) is 7.87. The molecular weight excluding hydrogens is 427 g/mol. The van der Waals surface area contributed by atoms with Gasteiger partial charge in [-0.05, 0) is 52.3 Å². The summed E-state index contributed by atoms with van der Waals surface area (Å²) in [5.74, 6) is 0.0653. The number of hydrogen-bond donors (Lipinski definition) is 1. The maximum absolute atomic E-state index is 13.0. The van der Waals surface area contributed by atoms with Gasteiger partial charge in [-0.3, -0.25) is 4.79 Å². The van der Waals surface area contributed by atoms with Crippen molar-refractivity contribution in [3.05, 3.63) is 82.2 Å². The summed E-state index contributed by atoms with van der Waals surface area (Å²) in [5, 5.41) is 2.23. The Kier molecular flexibility index (Phi) is 5.55. The molecule has 3 aromatic rings. The molecule has 0 radical (unpaired) electrons. The molecule has 0 saturated carbocycles. The third kappa shape index (κ3) is 4.71. The van der Waals surface area contributed by atoms with Crippen molar-refractivity contribution < 1.29 is 27.1 Å². The Hall–Kier alpha value is -2.74. The van der Waals surface area contributed by atoms with E-state index < -0.39 is 17.6 Å². The number of para-hydroxylation sites is 2. The minimum atomic E-state index is -4.57. The molecule has 140 valence electrons. The highest BCUT2D eigenvalue weighted by molar-refractivity contribution is 9.10. The summed E-state index contributed by atoms with van der Waals surface area (Å²) in [4.78, 5) is 12.2. The first-order valence-electron chi connectivity index (χ1n) is 7.78. The fourth-order valence-corrected chi connectivity index (χ4v) is 2.71. The van der Waals surface area contributed by atoms with Gasteiger partial charge < -0.3 is 14.5 Å². The van der Waals surface area contributed by atoms with E-state index in [2.05, 4.69) is 21.2 Å². The summed E-state index contributed by atoms with van der Waals surface area (Å²) in [6.45, 7) is 0.0645. The van der Waals surface area contributed by atoms with Gasteiger partial charge in [0, 0.05) is 0 Å². The van der Waals surface area contributed by atoms with Crippen molar-refractivity contribution in [1.29, 1.82) is 0 Å². The first-order chi connectivity index (χ1) is 12.8. The second-order valence-electron chi connectivity index (χ2n) is 5.48. The molecular formula is C19H13BrF3NO3. The summed E-state index contributed by atoms with van der Waals surface area (Å²) < 4.78 is 50.7. The smallest absolute Gasteiger partial charge is 0.418 e. The first-order valence-corrected chi connectivity index (χ1v) is 8.57. The van der Waals surface area contributed by atoms with Crippen LogP contribution in [0.5, 0.6) is 5.75 Å². The highest BCUT2D eigenvalue weighted by Crippen LogP contribution is 2.34. The lowest BCUT2D eigenvalue weighted by molar-refractivity contribution is -0.136. The maximum Gasteiger partial charge on any atom is 0.418 e. The van der Waals surface area contributed by atoms with E-state index in [0.29, 0.717) is 11.5 Å². The molecule has 0 saturated heterocycles. The third-order valence-electron chi connectivity index (χ3n) is 3.57. The van der Waals surface area contributed by atoms with Crippen LogP contribution in [0.2, 0.25) is 0 Å². The quantitative estimate of drug-likeness (QED) is 0.538. The van der Waals surface area contributed by atoms with E-state index in [1.54, 1.807) is 12.1 Å². The molecule has 1 aromatic heterocycles. The molecule has 1 N–H and O–H groups in total. The number of rotatable bonds is 5. The van der Waals surface area contributed by atoms with E-state index in [9.17, 15) is 18.0 Å². The van der Waals surface area contributed by atoms with Crippen LogP contribution < -0.4 is 10.1 Å². The zero-order chi connectivity index (χ0) is 19.4. The number of hydrogen-bond acceptors (Lipinski definition) is 3. The predicted octanol–water partition coefficient (Wildman–Crippen LogP) is 5.89. The van der Waals surface area contributed by atoms with E-state index in [4.69, 9.17) is 9.15 Å². The lowest BCUT2D eigenvalue weighted by Crippen LogP contribution is -2.16. The fourth-order valence-electron chi connectivity index (χ4n) is 2.31. The van der Waals surface area contributed by atoms with Gasteiger partial charge in [0.25, 0.3) is 5.91 Å². The second-order valence-corrected chi connectivity index (χ2v) is 6.34. The fraction of sp³-hybridized carbons (Fsp3) is 0.105. The van der Waals surface area contributed by atoms with Crippen molar-refractivity contribution in [3.63, 3.8) is 0 Å². The summed E-state index contributed by atoms with van der Waals surface area (Å²) in [5.41, 5.74) is -1.26. The van der Waals surface area contributed by atoms with Crippen LogP contribution >= 0.6 is 15.9 Å². The molecule has 0 bridgehead atoms. The molecule has 27 heavy (non-hydrogen) atoms.